The molecule has 3 heteroatoms. The lowest BCUT2D eigenvalue weighted by Crippen LogP contribution is -2.19. The molecular formula is C13H18N2O. The third kappa shape index (κ3) is 2.36. The summed E-state index contributed by atoms with van der Waals surface area (Å²) in [6.07, 6.45) is 2.05. The molecule has 2 aromatic rings. The first-order chi connectivity index (χ1) is 7.66. The van der Waals surface area contributed by atoms with Crippen molar-refractivity contribution in [3.8, 4) is 0 Å². The molecular weight excluding hydrogens is 200 g/mol. The van der Waals surface area contributed by atoms with E-state index in [1.54, 1.807) is 0 Å². The Bertz CT molecular complexity index is 456. The van der Waals surface area contributed by atoms with Crippen LogP contribution in [0.15, 0.2) is 34.9 Å². The number of rotatable bonds is 4. The molecule has 0 radical (unpaired) electrons. The predicted octanol–water partition coefficient (Wildman–Crippen LogP) is 2.78. The molecule has 16 heavy (non-hydrogen) atoms. The van der Waals surface area contributed by atoms with Crippen molar-refractivity contribution in [2.24, 2.45) is 7.05 Å². The lowest BCUT2D eigenvalue weighted by atomic mass is 10.2. The molecule has 2 heterocycles. The molecule has 0 fully saturated rings. The maximum Gasteiger partial charge on any atom is 0.120 e. The van der Waals surface area contributed by atoms with Crippen LogP contribution < -0.4 is 5.32 Å². The summed E-state index contributed by atoms with van der Waals surface area (Å²) in [4.78, 5) is 0. The third-order valence-electron chi connectivity index (χ3n) is 2.83. The first-order valence-electron chi connectivity index (χ1n) is 5.57. The molecule has 3 nitrogen and oxygen atoms in total. The highest BCUT2D eigenvalue weighted by atomic mass is 16.3. The Morgan fingerprint density at radius 1 is 1.38 bits per heavy atom. The number of hydrogen-bond acceptors (Lipinski definition) is 2. The first-order valence-corrected chi connectivity index (χ1v) is 5.57. The van der Waals surface area contributed by atoms with E-state index in [2.05, 4.69) is 42.2 Å². The fraction of sp³-hybridized carbons (Fsp3) is 0.385. The van der Waals surface area contributed by atoms with Crippen LogP contribution in [0.3, 0.4) is 0 Å². The van der Waals surface area contributed by atoms with Gasteiger partial charge in [-0.1, -0.05) is 0 Å². The summed E-state index contributed by atoms with van der Waals surface area (Å²) in [6.45, 7) is 4.93. The van der Waals surface area contributed by atoms with Gasteiger partial charge in [-0.3, -0.25) is 0 Å². The summed E-state index contributed by atoms with van der Waals surface area (Å²) in [5.41, 5.74) is 1.27. The Balaban J connectivity index is 1.93. The van der Waals surface area contributed by atoms with Crippen LogP contribution in [0.4, 0.5) is 0 Å². The fourth-order valence-corrected chi connectivity index (χ4v) is 1.72. The monoisotopic (exact) mass is 218 g/mol. The van der Waals surface area contributed by atoms with Gasteiger partial charge in [-0.05, 0) is 38.1 Å². The van der Waals surface area contributed by atoms with E-state index in [1.165, 1.54) is 5.69 Å². The van der Waals surface area contributed by atoms with Gasteiger partial charge in [0.25, 0.3) is 0 Å². The molecule has 0 aliphatic carbocycles. The van der Waals surface area contributed by atoms with E-state index in [1.807, 2.05) is 19.1 Å². The van der Waals surface area contributed by atoms with Crippen LogP contribution in [0, 0.1) is 6.92 Å². The third-order valence-corrected chi connectivity index (χ3v) is 2.83. The van der Waals surface area contributed by atoms with E-state index in [9.17, 15) is 0 Å². The molecule has 1 unspecified atom stereocenters. The van der Waals surface area contributed by atoms with Crippen molar-refractivity contribution in [2.75, 3.05) is 0 Å². The molecule has 0 saturated carbocycles. The van der Waals surface area contributed by atoms with E-state index < -0.39 is 0 Å². The zero-order valence-corrected chi connectivity index (χ0v) is 10.0. The van der Waals surface area contributed by atoms with E-state index in [4.69, 9.17) is 4.42 Å². The Morgan fingerprint density at radius 2 is 2.19 bits per heavy atom. The van der Waals surface area contributed by atoms with Gasteiger partial charge in [-0.25, -0.2) is 0 Å². The molecule has 0 saturated heterocycles. The minimum atomic E-state index is 0.239. The normalized spacial score (nSPS) is 12.9. The Kier molecular flexibility index (Phi) is 3.15. The van der Waals surface area contributed by atoms with Crippen molar-refractivity contribution in [3.63, 3.8) is 0 Å². The number of aromatic nitrogens is 1. The minimum absolute atomic E-state index is 0.239. The molecule has 2 aromatic heterocycles. The van der Waals surface area contributed by atoms with Crippen molar-refractivity contribution in [1.82, 2.24) is 9.88 Å². The molecule has 2 rings (SSSR count). The molecule has 1 atom stereocenters. The van der Waals surface area contributed by atoms with E-state index in [0.717, 1.165) is 18.1 Å². The summed E-state index contributed by atoms with van der Waals surface area (Å²) in [5, 5.41) is 3.44. The number of nitrogens with one attached hydrogen (secondary N) is 1. The van der Waals surface area contributed by atoms with Gasteiger partial charge < -0.3 is 14.3 Å². The maximum atomic E-state index is 5.58. The van der Waals surface area contributed by atoms with Crippen LogP contribution in [0.1, 0.15) is 30.2 Å². The smallest absolute Gasteiger partial charge is 0.120 e. The number of aryl methyl sites for hydroxylation is 2. The molecule has 0 aromatic carbocycles. The van der Waals surface area contributed by atoms with Gasteiger partial charge >= 0.3 is 0 Å². The second-order valence-electron chi connectivity index (χ2n) is 4.16. The molecule has 0 amide bonds. The van der Waals surface area contributed by atoms with Crippen molar-refractivity contribution in [2.45, 2.75) is 26.4 Å². The first kappa shape index (κ1) is 11.0. The second-order valence-corrected chi connectivity index (χ2v) is 4.16. The quantitative estimate of drug-likeness (QED) is 0.855. The van der Waals surface area contributed by atoms with Gasteiger partial charge in [0.15, 0.2) is 0 Å². The van der Waals surface area contributed by atoms with Crippen molar-refractivity contribution < 1.29 is 4.42 Å². The SMILES string of the molecule is Cc1ccc(C(C)NCc2cccn2C)o1. The molecule has 0 spiro atoms. The summed E-state index contributed by atoms with van der Waals surface area (Å²) in [7, 11) is 2.05. The Hall–Kier alpha value is -1.48. The number of hydrogen-bond donors (Lipinski definition) is 1. The van der Waals surface area contributed by atoms with Gasteiger partial charge in [-0.2, -0.15) is 0 Å². The van der Waals surface area contributed by atoms with Gasteiger partial charge in [0, 0.05) is 25.5 Å². The van der Waals surface area contributed by atoms with Crippen molar-refractivity contribution in [3.05, 3.63) is 47.7 Å². The van der Waals surface area contributed by atoms with Gasteiger partial charge in [0.05, 0.1) is 6.04 Å². The molecule has 1 N–H and O–H groups in total. The largest absolute Gasteiger partial charge is 0.465 e. The molecule has 0 aliphatic rings. The second kappa shape index (κ2) is 4.58. The standard InChI is InChI=1S/C13H18N2O/c1-10-6-7-13(16-10)11(2)14-9-12-5-4-8-15(12)3/h4-8,11,14H,9H2,1-3H3. The van der Waals surface area contributed by atoms with Gasteiger partial charge in [-0.15, -0.1) is 0 Å². The molecule has 0 aliphatic heterocycles. The van der Waals surface area contributed by atoms with E-state index in [0.29, 0.717) is 0 Å². The highest BCUT2D eigenvalue weighted by Gasteiger charge is 2.09. The zero-order chi connectivity index (χ0) is 11.5. The average molecular weight is 218 g/mol. The summed E-state index contributed by atoms with van der Waals surface area (Å²) in [5.74, 6) is 1.95. The van der Waals surface area contributed by atoms with Gasteiger partial charge in [0.2, 0.25) is 0 Å². The summed E-state index contributed by atoms with van der Waals surface area (Å²) >= 11 is 0. The molecule has 0 bridgehead atoms. The number of nitrogens with zero attached hydrogens (tertiary/aromatic N) is 1. The van der Waals surface area contributed by atoms with Gasteiger partial charge in [0.1, 0.15) is 11.5 Å². The Labute approximate surface area is 96.1 Å². The zero-order valence-electron chi connectivity index (χ0n) is 10.0. The summed E-state index contributed by atoms with van der Waals surface area (Å²) < 4.78 is 7.69. The van der Waals surface area contributed by atoms with E-state index >= 15 is 0 Å². The van der Waals surface area contributed by atoms with Crippen LogP contribution in [-0.2, 0) is 13.6 Å². The Morgan fingerprint density at radius 3 is 2.75 bits per heavy atom. The minimum Gasteiger partial charge on any atom is -0.465 e. The summed E-state index contributed by atoms with van der Waals surface area (Å²) in [6, 6.07) is 8.43. The fourth-order valence-electron chi connectivity index (χ4n) is 1.72. The maximum absolute atomic E-state index is 5.58. The lowest BCUT2D eigenvalue weighted by molar-refractivity contribution is 0.413. The van der Waals surface area contributed by atoms with Crippen LogP contribution in [-0.4, -0.2) is 4.57 Å². The highest BCUT2D eigenvalue weighted by Crippen LogP contribution is 2.16. The lowest BCUT2D eigenvalue weighted by Gasteiger charge is -2.11. The number of furan rings is 1. The topological polar surface area (TPSA) is 30.1 Å². The van der Waals surface area contributed by atoms with Crippen molar-refractivity contribution >= 4 is 0 Å². The van der Waals surface area contributed by atoms with Crippen LogP contribution >= 0.6 is 0 Å². The predicted molar refractivity (Wildman–Crippen MR) is 64.1 cm³/mol. The van der Waals surface area contributed by atoms with Crippen molar-refractivity contribution in [1.29, 1.82) is 0 Å². The van der Waals surface area contributed by atoms with Crippen LogP contribution in [0.5, 0.6) is 0 Å². The molecule has 86 valence electrons. The highest BCUT2D eigenvalue weighted by molar-refractivity contribution is 5.10. The van der Waals surface area contributed by atoms with Crippen LogP contribution in [0.25, 0.3) is 0 Å². The van der Waals surface area contributed by atoms with E-state index in [-0.39, 0.29) is 6.04 Å². The van der Waals surface area contributed by atoms with Crippen LogP contribution in [0.2, 0.25) is 0 Å². The average Bonchev–Trinajstić information content (AvgIpc) is 2.84.